The van der Waals surface area contributed by atoms with Crippen LogP contribution in [-0.4, -0.2) is 37.7 Å². The van der Waals surface area contributed by atoms with Crippen molar-refractivity contribution in [3.05, 3.63) is 29.8 Å². The molecule has 0 aromatic heterocycles. The summed E-state index contributed by atoms with van der Waals surface area (Å²) in [7, 11) is 3.24. The van der Waals surface area contributed by atoms with E-state index in [9.17, 15) is 5.02 Å². The molecule has 14 heavy (non-hydrogen) atoms. The van der Waals surface area contributed by atoms with Crippen molar-refractivity contribution in [3.63, 3.8) is 0 Å². The molecule has 1 aromatic carbocycles. The first-order valence-corrected chi connectivity index (χ1v) is 4.75. The van der Waals surface area contributed by atoms with E-state index in [0.717, 1.165) is 17.6 Å². The lowest BCUT2D eigenvalue weighted by Gasteiger charge is -2.17. The van der Waals surface area contributed by atoms with E-state index in [1.54, 1.807) is 0 Å². The van der Waals surface area contributed by atoms with Crippen LogP contribution in [0.15, 0.2) is 24.3 Å². The molecule has 1 aliphatic heterocycles. The van der Waals surface area contributed by atoms with Gasteiger partial charge in [-0.3, -0.25) is 0 Å². The van der Waals surface area contributed by atoms with Gasteiger partial charge in [0.1, 0.15) is 0 Å². The van der Waals surface area contributed by atoms with Crippen LogP contribution in [0, 0.1) is 0 Å². The maximum atomic E-state index is 9.62. The van der Waals surface area contributed by atoms with Crippen molar-refractivity contribution in [2.24, 2.45) is 0 Å². The van der Waals surface area contributed by atoms with Crippen molar-refractivity contribution in [1.82, 2.24) is 4.90 Å². The number of hydrogen-bond donors (Lipinski definition) is 1. The van der Waals surface area contributed by atoms with Gasteiger partial charge in [0.2, 0.25) is 0 Å². The summed E-state index contributed by atoms with van der Waals surface area (Å²) in [6.45, 7) is 0.800. The second-order valence-corrected chi connectivity index (χ2v) is 3.87. The zero-order chi connectivity index (χ0) is 10.1. The Morgan fingerprint density at radius 3 is 2.86 bits per heavy atom. The molecule has 0 unspecified atom stereocenters. The highest BCUT2D eigenvalue weighted by atomic mass is 16.5. The molecule has 0 bridgehead atoms. The van der Waals surface area contributed by atoms with Crippen LogP contribution < -0.4 is 5.46 Å². The topological polar surface area (TPSA) is 32.7 Å². The molecular weight excluding hydrogens is 177 g/mol. The molecule has 1 aliphatic rings. The van der Waals surface area contributed by atoms with Gasteiger partial charge in [0.15, 0.2) is 0 Å². The van der Waals surface area contributed by atoms with Crippen LogP contribution in [-0.2, 0) is 4.65 Å². The maximum Gasteiger partial charge on any atom is 0.492 e. The third-order valence-corrected chi connectivity index (χ3v) is 2.43. The van der Waals surface area contributed by atoms with Crippen LogP contribution in [0.25, 0.3) is 0 Å². The van der Waals surface area contributed by atoms with Gasteiger partial charge in [-0.2, -0.15) is 0 Å². The van der Waals surface area contributed by atoms with Gasteiger partial charge in [0.05, 0.1) is 6.10 Å². The summed E-state index contributed by atoms with van der Waals surface area (Å²) < 4.78 is 5.46. The van der Waals surface area contributed by atoms with Gasteiger partial charge in [-0.25, -0.2) is 0 Å². The van der Waals surface area contributed by atoms with Crippen molar-refractivity contribution in [2.45, 2.75) is 6.10 Å². The summed E-state index contributed by atoms with van der Waals surface area (Å²) in [5, 5.41) is 9.62. The van der Waals surface area contributed by atoms with E-state index in [1.165, 1.54) is 0 Å². The smallest absolute Gasteiger partial charge is 0.423 e. The van der Waals surface area contributed by atoms with E-state index < -0.39 is 7.12 Å². The van der Waals surface area contributed by atoms with Crippen LogP contribution in [0.2, 0.25) is 0 Å². The number of hydrogen-bond acceptors (Lipinski definition) is 3. The first-order chi connectivity index (χ1) is 6.68. The Labute approximate surface area is 84.4 Å². The number of benzene rings is 1. The van der Waals surface area contributed by atoms with E-state index in [-0.39, 0.29) is 6.10 Å². The molecule has 0 spiro atoms. The minimum Gasteiger partial charge on any atom is -0.423 e. The fraction of sp³-hybridized carbons (Fsp3) is 0.400. The van der Waals surface area contributed by atoms with Gasteiger partial charge in [-0.1, -0.05) is 24.3 Å². The lowest BCUT2D eigenvalue weighted by molar-refractivity contribution is 0.153. The fourth-order valence-electron chi connectivity index (χ4n) is 1.80. The van der Waals surface area contributed by atoms with Crippen molar-refractivity contribution < 1.29 is 9.68 Å². The standard InChI is InChI=1S/C10H14BNO2/c1-12(2)7-10-8-5-3-4-6-9(8)11(13)14-10/h3-6,10,13H,7H2,1-2H3/t10-/m1/s1. The van der Waals surface area contributed by atoms with E-state index in [0.29, 0.717) is 0 Å². The number of nitrogens with zero attached hydrogens (tertiary/aromatic N) is 1. The Morgan fingerprint density at radius 2 is 2.14 bits per heavy atom. The monoisotopic (exact) mass is 191 g/mol. The molecule has 4 heteroatoms. The Bertz CT molecular complexity index is 328. The SMILES string of the molecule is CN(C)C[C@H]1OB(O)c2ccccc21. The maximum absolute atomic E-state index is 9.62. The van der Waals surface area contributed by atoms with Gasteiger partial charge in [-0.15, -0.1) is 0 Å². The lowest BCUT2D eigenvalue weighted by atomic mass is 9.79. The van der Waals surface area contributed by atoms with Crippen LogP contribution in [0.3, 0.4) is 0 Å². The quantitative estimate of drug-likeness (QED) is 0.668. The van der Waals surface area contributed by atoms with E-state index in [2.05, 4.69) is 4.90 Å². The Kier molecular flexibility index (Phi) is 2.59. The van der Waals surface area contributed by atoms with Gasteiger partial charge in [0, 0.05) is 6.54 Å². The first-order valence-electron chi connectivity index (χ1n) is 4.75. The third kappa shape index (κ3) is 1.69. The zero-order valence-corrected chi connectivity index (χ0v) is 8.47. The van der Waals surface area contributed by atoms with Crippen molar-refractivity contribution in [2.75, 3.05) is 20.6 Å². The molecule has 3 nitrogen and oxygen atoms in total. The Balaban J connectivity index is 2.25. The normalized spacial score (nSPS) is 20.3. The predicted octanol–water partition coefficient (Wildman–Crippen LogP) is 0.00700. The molecule has 0 amide bonds. The second kappa shape index (κ2) is 3.73. The molecule has 1 heterocycles. The van der Waals surface area contributed by atoms with E-state index in [1.807, 2.05) is 38.4 Å². The molecule has 1 aromatic rings. The number of likely N-dealkylation sites (N-methyl/N-ethyl adjacent to an activating group) is 1. The minimum atomic E-state index is -0.754. The van der Waals surface area contributed by atoms with E-state index >= 15 is 0 Å². The van der Waals surface area contributed by atoms with E-state index in [4.69, 9.17) is 4.65 Å². The summed E-state index contributed by atoms with van der Waals surface area (Å²) in [6.07, 6.45) is -0.00352. The largest absolute Gasteiger partial charge is 0.492 e. The highest BCUT2D eigenvalue weighted by molar-refractivity contribution is 6.61. The van der Waals surface area contributed by atoms with Crippen molar-refractivity contribution in [3.8, 4) is 0 Å². The summed E-state index contributed by atoms with van der Waals surface area (Å²) in [6, 6.07) is 7.82. The van der Waals surface area contributed by atoms with Crippen molar-refractivity contribution >= 4 is 12.6 Å². The van der Waals surface area contributed by atoms with Gasteiger partial charge in [0.25, 0.3) is 0 Å². The zero-order valence-electron chi connectivity index (χ0n) is 8.47. The second-order valence-electron chi connectivity index (χ2n) is 3.87. The van der Waals surface area contributed by atoms with Gasteiger partial charge < -0.3 is 14.6 Å². The van der Waals surface area contributed by atoms with Gasteiger partial charge in [-0.05, 0) is 25.1 Å². The van der Waals surface area contributed by atoms with Crippen LogP contribution in [0.1, 0.15) is 11.7 Å². The third-order valence-electron chi connectivity index (χ3n) is 2.43. The van der Waals surface area contributed by atoms with Crippen LogP contribution in [0.4, 0.5) is 0 Å². The summed E-state index contributed by atoms with van der Waals surface area (Å²) >= 11 is 0. The molecule has 0 saturated heterocycles. The Morgan fingerprint density at radius 1 is 1.43 bits per heavy atom. The molecule has 0 saturated carbocycles. The average Bonchev–Trinajstić information content (AvgIpc) is 2.44. The highest BCUT2D eigenvalue weighted by Crippen LogP contribution is 2.23. The summed E-state index contributed by atoms with van der Waals surface area (Å²) in [4.78, 5) is 2.06. The number of fused-ring (bicyclic) bond motifs is 1. The van der Waals surface area contributed by atoms with Gasteiger partial charge >= 0.3 is 7.12 Å². The molecular formula is C10H14BNO2. The average molecular weight is 191 g/mol. The molecule has 0 aliphatic carbocycles. The Hall–Kier alpha value is -0.835. The summed E-state index contributed by atoms with van der Waals surface area (Å²) in [5.41, 5.74) is 2.01. The number of rotatable bonds is 2. The minimum absolute atomic E-state index is 0.00352. The van der Waals surface area contributed by atoms with Crippen LogP contribution >= 0.6 is 0 Å². The molecule has 0 radical (unpaired) electrons. The van der Waals surface area contributed by atoms with Crippen LogP contribution in [0.5, 0.6) is 0 Å². The lowest BCUT2D eigenvalue weighted by Crippen LogP contribution is -2.28. The summed E-state index contributed by atoms with van der Waals surface area (Å²) in [5.74, 6) is 0. The molecule has 2 rings (SSSR count). The highest BCUT2D eigenvalue weighted by Gasteiger charge is 2.34. The fourth-order valence-corrected chi connectivity index (χ4v) is 1.80. The molecule has 0 fully saturated rings. The van der Waals surface area contributed by atoms with Crippen molar-refractivity contribution in [1.29, 1.82) is 0 Å². The molecule has 74 valence electrons. The molecule has 1 N–H and O–H groups in total. The first kappa shape index (κ1) is 9.71. The predicted molar refractivity (Wildman–Crippen MR) is 56.4 cm³/mol. The molecule has 1 atom stereocenters.